The molecule has 0 aliphatic heterocycles. The van der Waals surface area contributed by atoms with Gasteiger partial charge in [0.1, 0.15) is 11.5 Å². The lowest BCUT2D eigenvalue weighted by Gasteiger charge is -2.01. The molecule has 0 unspecified atom stereocenters. The van der Waals surface area contributed by atoms with E-state index in [2.05, 4.69) is 9.98 Å². The first kappa shape index (κ1) is 18.0. The number of rotatable bonds is 4. The summed E-state index contributed by atoms with van der Waals surface area (Å²) in [7, 11) is 0. The third-order valence-corrected chi connectivity index (χ3v) is 3.98. The number of benzene rings is 3. The first-order valence-electron chi connectivity index (χ1n) is 7.66. The van der Waals surface area contributed by atoms with E-state index >= 15 is 0 Å². The molecule has 0 aliphatic carbocycles. The third-order valence-electron chi connectivity index (χ3n) is 3.51. The SMILES string of the molecule is Oc1ccc(Cl)cc1C=Nc1cccc(N=Cc2cc(Cl)ccc2O)c1. The molecule has 26 heavy (non-hydrogen) atoms. The molecule has 6 heteroatoms. The van der Waals surface area contributed by atoms with Gasteiger partial charge in [-0.15, -0.1) is 0 Å². The summed E-state index contributed by atoms with van der Waals surface area (Å²) in [5.41, 5.74) is 2.37. The zero-order valence-corrected chi connectivity index (χ0v) is 15.0. The Hall–Kier alpha value is -2.82. The summed E-state index contributed by atoms with van der Waals surface area (Å²) in [6.45, 7) is 0. The third kappa shape index (κ3) is 4.63. The summed E-state index contributed by atoms with van der Waals surface area (Å²) in [6, 6.07) is 16.7. The second-order valence-electron chi connectivity index (χ2n) is 5.44. The average Bonchev–Trinajstić information content (AvgIpc) is 2.63. The number of hydrogen-bond acceptors (Lipinski definition) is 4. The lowest BCUT2D eigenvalue weighted by Crippen LogP contribution is -1.83. The molecule has 3 aromatic rings. The van der Waals surface area contributed by atoms with Crippen molar-refractivity contribution in [3.63, 3.8) is 0 Å². The van der Waals surface area contributed by atoms with Gasteiger partial charge >= 0.3 is 0 Å². The Labute approximate surface area is 160 Å². The second-order valence-corrected chi connectivity index (χ2v) is 6.32. The van der Waals surface area contributed by atoms with Crippen LogP contribution in [0.15, 0.2) is 70.6 Å². The van der Waals surface area contributed by atoms with Crippen LogP contribution in [0.25, 0.3) is 0 Å². The van der Waals surface area contributed by atoms with E-state index in [1.165, 1.54) is 24.6 Å². The van der Waals surface area contributed by atoms with Gasteiger partial charge < -0.3 is 10.2 Å². The van der Waals surface area contributed by atoms with Crippen molar-refractivity contribution in [1.29, 1.82) is 0 Å². The molecule has 0 spiro atoms. The molecule has 4 nitrogen and oxygen atoms in total. The number of phenols is 2. The van der Waals surface area contributed by atoms with E-state index in [0.717, 1.165) is 0 Å². The van der Waals surface area contributed by atoms with Gasteiger partial charge in [-0.05, 0) is 54.6 Å². The molecule has 0 bridgehead atoms. The second kappa shape index (κ2) is 8.04. The monoisotopic (exact) mass is 384 g/mol. The quantitative estimate of drug-likeness (QED) is 0.549. The predicted octanol–water partition coefficient (Wildman–Crippen LogP) is 5.91. The Morgan fingerprint density at radius 1 is 0.654 bits per heavy atom. The minimum Gasteiger partial charge on any atom is -0.507 e. The smallest absolute Gasteiger partial charge is 0.124 e. The number of hydrogen-bond donors (Lipinski definition) is 2. The molecular formula is C20H14Cl2N2O2. The Kier molecular flexibility index (Phi) is 5.56. The Morgan fingerprint density at radius 2 is 1.12 bits per heavy atom. The van der Waals surface area contributed by atoms with E-state index in [0.29, 0.717) is 32.5 Å². The normalized spacial score (nSPS) is 11.5. The number of nitrogens with zero attached hydrogens (tertiary/aromatic N) is 2. The van der Waals surface area contributed by atoms with Crippen LogP contribution in [0.5, 0.6) is 11.5 Å². The summed E-state index contributed by atoms with van der Waals surface area (Å²) in [5, 5.41) is 20.7. The van der Waals surface area contributed by atoms with Crippen molar-refractivity contribution in [3.05, 3.63) is 81.8 Å². The van der Waals surface area contributed by atoms with Crippen LogP contribution in [0.1, 0.15) is 11.1 Å². The lowest BCUT2D eigenvalue weighted by molar-refractivity contribution is 0.474. The molecular weight excluding hydrogens is 371 g/mol. The molecule has 0 radical (unpaired) electrons. The molecule has 0 saturated carbocycles. The van der Waals surface area contributed by atoms with Crippen LogP contribution in [0, 0.1) is 0 Å². The van der Waals surface area contributed by atoms with Crippen molar-refractivity contribution in [1.82, 2.24) is 0 Å². The van der Waals surface area contributed by atoms with E-state index in [9.17, 15) is 10.2 Å². The number of halogens is 2. The number of aromatic hydroxyl groups is 2. The first-order chi connectivity index (χ1) is 12.5. The minimum atomic E-state index is 0.101. The number of aliphatic imine (C=N–C) groups is 2. The predicted molar refractivity (Wildman–Crippen MR) is 107 cm³/mol. The van der Waals surface area contributed by atoms with Gasteiger partial charge in [0, 0.05) is 33.6 Å². The van der Waals surface area contributed by atoms with Crippen molar-refractivity contribution in [2.45, 2.75) is 0 Å². The van der Waals surface area contributed by atoms with Crippen molar-refractivity contribution < 1.29 is 10.2 Å². The van der Waals surface area contributed by atoms with Crippen LogP contribution in [0.3, 0.4) is 0 Å². The molecule has 0 amide bonds. The molecule has 0 fully saturated rings. The van der Waals surface area contributed by atoms with E-state index < -0.39 is 0 Å². The van der Waals surface area contributed by atoms with Crippen molar-refractivity contribution in [3.8, 4) is 11.5 Å². The van der Waals surface area contributed by atoms with Gasteiger partial charge in [0.05, 0.1) is 11.4 Å². The van der Waals surface area contributed by atoms with Gasteiger partial charge in [0.15, 0.2) is 0 Å². The highest BCUT2D eigenvalue weighted by Gasteiger charge is 2.01. The van der Waals surface area contributed by atoms with Crippen molar-refractivity contribution in [2.24, 2.45) is 9.98 Å². The van der Waals surface area contributed by atoms with Crippen LogP contribution in [0.2, 0.25) is 10.0 Å². The van der Waals surface area contributed by atoms with E-state index in [4.69, 9.17) is 23.2 Å². The maximum atomic E-state index is 9.82. The fourth-order valence-electron chi connectivity index (χ4n) is 2.20. The van der Waals surface area contributed by atoms with Gasteiger partial charge in [-0.3, -0.25) is 9.98 Å². The summed E-state index contributed by atoms with van der Waals surface area (Å²) in [6.07, 6.45) is 3.07. The minimum absolute atomic E-state index is 0.101. The van der Waals surface area contributed by atoms with Gasteiger partial charge in [-0.25, -0.2) is 0 Å². The Balaban J connectivity index is 1.82. The molecule has 3 aromatic carbocycles. The van der Waals surface area contributed by atoms with Gasteiger partial charge in [0.2, 0.25) is 0 Å². The highest BCUT2D eigenvalue weighted by atomic mass is 35.5. The summed E-state index contributed by atoms with van der Waals surface area (Å²) < 4.78 is 0. The van der Waals surface area contributed by atoms with Crippen molar-refractivity contribution >= 4 is 47.0 Å². The molecule has 0 aliphatic rings. The fourth-order valence-corrected chi connectivity index (χ4v) is 2.56. The van der Waals surface area contributed by atoms with Gasteiger partial charge in [-0.1, -0.05) is 29.3 Å². The van der Waals surface area contributed by atoms with Crippen LogP contribution in [-0.4, -0.2) is 22.6 Å². The summed E-state index contributed by atoms with van der Waals surface area (Å²) >= 11 is 11.9. The van der Waals surface area contributed by atoms with Gasteiger partial charge in [-0.2, -0.15) is 0 Å². The zero-order valence-electron chi connectivity index (χ0n) is 13.5. The average molecular weight is 385 g/mol. The number of phenolic OH excluding ortho intramolecular Hbond substituents is 2. The Morgan fingerprint density at radius 3 is 1.58 bits per heavy atom. The highest BCUT2D eigenvalue weighted by Crippen LogP contribution is 2.24. The fraction of sp³-hybridized carbons (Fsp3) is 0. The largest absolute Gasteiger partial charge is 0.507 e. The molecule has 130 valence electrons. The summed E-state index contributed by atoms with van der Waals surface area (Å²) in [5.74, 6) is 0.201. The molecule has 0 aromatic heterocycles. The highest BCUT2D eigenvalue weighted by molar-refractivity contribution is 6.31. The standard InChI is InChI=1S/C20H14Cl2N2O2/c21-15-4-6-19(25)13(8-15)11-23-17-2-1-3-18(10-17)24-12-14-9-16(22)5-7-20(14)26/h1-12,25-26H. The van der Waals surface area contributed by atoms with Gasteiger partial charge in [0.25, 0.3) is 0 Å². The molecule has 0 atom stereocenters. The van der Waals surface area contributed by atoms with Crippen LogP contribution >= 0.6 is 23.2 Å². The van der Waals surface area contributed by atoms with Crippen molar-refractivity contribution in [2.75, 3.05) is 0 Å². The van der Waals surface area contributed by atoms with E-state index in [-0.39, 0.29) is 11.5 Å². The zero-order chi connectivity index (χ0) is 18.5. The Bertz CT molecular complexity index is 924. The maximum absolute atomic E-state index is 9.82. The lowest BCUT2D eigenvalue weighted by atomic mass is 10.2. The van der Waals surface area contributed by atoms with Crippen LogP contribution in [0.4, 0.5) is 11.4 Å². The van der Waals surface area contributed by atoms with Crippen LogP contribution in [-0.2, 0) is 0 Å². The maximum Gasteiger partial charge on any atom is 0.124 e. The van der Waals surface area contributed by atoms with Crippen LogP contribution < -0.4 is 0 Å². The molecule has 3 rings (SSSR count). The first-order valence-corrected chi connectivity index (χ1v) is 8.42. The summed E-state index contributed by atoms with van der Waals surface area (Å²) in [4.78, 5) is 8.68. The topological polar surface area (TPSA) is 65.2 Å². The van der Waals surface area contributed by atoms with E-state index in [1.54, 1.807) is 30.3 Å². The molecule has 2 N–H and O–H groups in total. The molecule has 0 heterocycles. The van der Waals surface area contributed by atoms with E-state index in [1.807, 2.05) is 18.2 Å². The molecule has 0 saturated heterocycles.